The van der Waals surface area contributed by atoms with Crippen LogP contribution in [-0.2, 0) is 27.7 Å². The van der Waals surface area contributed by atoms with Gasteiger partial charge in [-0.3, -0.25) is 13.9 Å². The number of para-hydroxylation sites is 1. The van der Waals surface area contributed by atoms with E-state index >= 15 is 0 Å². The molecular weight excluding hydrogens is 481 g/mol. The summed E-state index contributed by atoms with van der Waals surface area (Å²) in [4.78, 5) is 29.1. The molecule has 0 N–H and O–H groups in total. The molecule has 150 valence electrons. The zero-order valence-corrected chi connectivity index (χ0v) is 18.9. The lowest BCUT2D eigenvalue weighted by Crippen LogP contribution is -3.00. The van der Waals surface area contributed by atoms with Gasteiger partial charge in [0.15, 0.2) is 5.52 Å². The SMILES string of the molecule is CC[n+]1c(/C=C/c2nc3c(=O)n(C)c(=O)n(C)c3n2C)ccc2ccccc21.[I-]. The second-order valence-electron chi connectivity index (χ2n) is 6.80. The van der Waals surface area contributed by atoms with Gasteiger partial charge in [-0.2, -0.15) is 4.57 Å². The highest BCUT2D eigenvalue weighted by molar-refractivity contribution is 5.78. The molecule has 0 saturated carbocycles. The average molecular weight is 503 g/mol. The lowest BCUT2D eigenvalue weighted by molar-refractivity contribution is -0.669. The van der Waals surface area contributed by atoms with E-state index in [-0.39, 0.29) is 40.7 Å². The Morgan fingerprint density at radius 2 is 1.69 bits per heavy atom. The molecule has 29 heavy (non-hydrogen) atoms. The Hall–Kier alpha value is -2.75. The second kappa shape index (κ2) is 7.94. The molecule has 4 aromatic rings. The largest absolute Gasteiger partial charge is 1.00 e. The van der Waals surface area contributed by atoms with E-state index in [4.69, 9.17) is 0 Å². The first-order chi connectivity index (χ1) is 13.4. The molecule has 0 atom stereocenters. The molecule has 0 bridgehead atoms. The summed E-state index contributed by atoms with van der Waals surface area (Å²) < 4.78 is 6.52. The first kappa shape index (κ1) is 21.0. The quantitative estimate of drug-likeness (QED) is 0.256. The fourth-order valence-electron chi connectivity index (χ4n) is 3.68. The molecule has 1 aromatic carbocycles. The fraction of sp³-hybridized carbons (Fsp3) is 0.238. The van der Waals surface area contributed by atoms with Gasteiger partial charge >= 0.3 is 5.69 Å². The van der Waals surface area contributed by atoms with Crippen molar-refractivity contribution in [3.05, 3.63) is 68.8 Å². The number of aromatic nitrogens is 5. The van der Waals surface area contributed by atoms with Crippen molar-refractivity contribution in [2.75, 3.05) is 0 Å². The summed E-state index contributed by atoms with van der Waals surface area (Å²) in [5.74, 6) is 0.615. The molecule has 8 heteroatoms. The van der Waals surface area contributed by atoms with Crippen LogP contribution in [0.5, 0.6) is 0 Å². The van der Waals surface area contributed by atoms with Crippen LogP contribution < -0.4 is 39.8 Å². The molecule has 0 saturated heterocycles. The highest BCUT2D eigenvalue weighted by Gasteiger charge is 2.16. The number of pyridine rings is 1. The Morgan fingerprint density at radius 1 is 0.966 bits per heavy atom. The zero-order valence-electron chi connectivity index (χ0n) is 16.8. The van der Waals surface area contributed by atoms with Gasteiger partial charge in [0, 0.05) is 44.7 Å². The molecule has 7 nitrogen and oxygen atoms in total. The first-order valence-corrected chi connectivity index (χ1v) is 9.16. The van der Waals surface area contributed by atoms with Crippen molar-refractivity contribution in [1.82, 2.24) is 18.7 Å². The van der Waals surface area contributed by atoms with Crippen molar-refractivity contribution in [3.63, 3.8) is 0 Å². The summed E-state index contributed by atoms with van der Waals surface area (Å²) in [6.07, 6.45) is 3.86. The number of halogens is 1. The maximum absolute atomic E-state index is 12.4. The maximum Gasteiger partial charge on any atom is 0.332 e. The van der Waals surface area contributed by atoms with Gasteiger partial charge in [0.1, 0.15) is 18.0 Å². The van der Waals surface area contributed by atoms with Gasteiger partial charge in [-0.15, -0.1) is 0 Å². The lowest BCUT2D eigenvalue weighted by Gasteiger charge is -2.05. The van der Waals surface area contributed by atoms with Gasteiger partial charge in [-0.05, 0) is 25.1 Å². The Labute approximate surface area is 184 Å². The molecule has 0 spiro atoms. The minimum atomic E-state index is -0.386. The average Bonchev–Trinajstić information content (AvgIpc) is 3.05. The summed E-state index contributed by atoms with van der Waals surface area (Å²) >= 11 is 0. The van der Waals surface area contributed by atoms with Crippen LogP contribution in [0.3, 0.4) is 0 Å². The third-order valence-corrected chi connectivity index (χ3v) is 5.19. The van der Waals surface area contributed by atoms with Crippen molar-refractivity contribution in [3.8, 4) is 0 Å². The van der Waals surface area contributed by atoms with Crippen molar-refractivity contribution in [1.29, 1.82) is 0 Å². The molecule has 4 rings (SSSR count). The number of fused-ring (bicyclic) bond motifs is 2. The highest BCUT2D eigenvalue weighted by atomic mass is 127. The molecule has 3 aromatic heterocycles. The van der Waals surface area contributed by atoms with E-state index < -0.39 is 0 Å². The van der Waals surface area contributed by atoms with Crippen molar-refractivity contribution in [2.45, 2.75) is 13.5 Å². The highest BCUT2D eigenvalue weighted by Crippen LogP contribution is 2.14. The molecule has 0 amide bonds. The topological polar surface area (TPSA) is 65.7 Å². The Bertz CT molecular complexity index is 1380. The van der Waals surface area contributed by atoms with Crippen LogP contribution in [0, 0.1) is 0 Å². The van der Waals surface area contributed by atoms with Crippen LogP contribution in [0.2, 0.25) is 0 Å². The monoisotopic (exact) mass is 503 g/mol. The summed E-state index contributed by atoms with van der Waals surface area (Å²) in [6, 6.07) is 12.4. The van der Waals surface area contributed by atoms with E-state index in [1.165, 1.54) is 17.0 Å². The van der Waals surface area contributed by atoms with Gasteiger partial charge in [0.05, 0.1) is 0 Å². The number of rotatable bonds is 3. The molecule has 0 unspecified atom stereocenters. The number of hydrogen-bond acceptors (Lipinski definition) is 3. The minimum absolute atomic E-state index is 0. The standard InChI is InChI=1S/C21H22N5O2.HI/c1-5-26-15(11-10-14-8-6-7-9-16(14)26)12-13-17-22-18-19(23(17)2)24(3)21(28)25(4)20(18)27;/h6-13H,5H2,1-4H3;1H/q+1;/p-1. The van der Waals surface area contributed by atoms with Crippen LogP contribution in [0.25, 0.3) is 34.2 Å². The number of nitrogens with zero attached hydrogens (tertiary/aromatic N) is 5. The number of hydrogen-bond donors (Lipinski definition) is 0. The summed E-state index contributed by atoms with van der Waals surface area (Å²) in [7, 11) is 4.92. The normalized spacial score (nSPS) is 11.4. The van der Waals surface area contributed by atoms with Gasteiger partial charge in [-0.25, -0.2) is 9.78 Å². The number of aryl methyl sites for hydroxylation is 3. The predicted octanol–water partition coefficient (Wildman–Crippen LogP) is -1.39. The Balaban J connectivity index is 0.00000240. The van der Waals surface area contributed by atoms with Gasteiger partial charge < -0.3 is 28.5 Å². The minimum Gasteiger partial charge on any atom is -1.00 e. The van der Waals surface area contributed by atoms with Gasteiger partial charge in [0.2, 0.25) is 11.2 Å². The maximum atomic E-state index is 12.4. The van der Waals surface area contributed by atoms with Crippen LogP contribution in [0.4, 0.5) is 0 Å². The van der Waals surface area contributed by atoms with Gasteiger partial charge in [-0.1, -0.05) is 12.1 Å². The Morgan fingerprint density at radius 3 is 2.41 bits per heavy atom. The van der Waals surface area contributed by atoms with E-state index in [0.717, 1.165) is 22.3 Å². The third-order valence-electron chi connectivity index (χ3n) is 5.19. The summed E-state index contributed by atoms with van der Waals surface area (Å²) in [5, 5.41) is 1.18. The molecule has 0 aliphatic rings. The molecule has 0 aliphatic carbocycles. The molecule has 0 aliphatic heterocycles. The molecule has 3 heterocycles. The van der Waals surface area contributed by atoms with E-state index in [1.54, 1.807) is 11.6 Å². The second-order valence-corrected chi connectivity index (χ2v) is 6.80. The fourth-order valence-corrected chi connectivity index (χ4v) is 3.68. The number of imidazole rings is 1. The van der Waals surface area contributed by atoms with Crippen molar-refractivity contribution < 1.29 is 28.5 Å². The first-order valence-electron chi connectivity index (χ1n) is 9.16. The van der Waals surface area contributed by atoms with E-state index in [9.17, 15) is 9.59 Å². The lowest BCUT2D eigenvalue weighted by atomic mass is 10.2. The molecular formula is C21H22IN5O2. The number of benzene rings is 1. The summed E-state index contributed by atoms with van der Waals surface area (Å²) in [6.45, 7) is 2.94. The van der Waals surface area contributed by atoms with Crippen LogP contribution >= 0.6 is 0 Å². The van der Waals surface area contributed by atoms with Crippen molar-refractivity contribution >= 4 is 34.2 Å². The van der Waals surface area contributed by atoms with E-state index in [0.29, 0.717) is 11.5 Å². The molecule has 0 radical (unpaired) electrons. The van der Waals surface area contributed by atoms with Gasteiger partial charge in [0.25, 0.3) is 5.56 Å². The van der Waals surface area contributed by atoms with Crippen LogP contribution in [-0.4, -0.2) is 18.7 Å². The van der Waals surface area contributed by atoms with E-state index in [2.05, 4.69) is 40.7 Å². The molecule has 0 fully saturated rings. The summed E-state index contributed by atoms with van der Waals surface area (Å²) in [5.41, 5.74) is 2.24. The zero-order chi connectivity index (χ0) is 20.0. The van der Waals surface area contributed by atoms with Crippen LogP contribution in [0.1, 0.15) is 18.4 Å². The Kier molecular flexibility index (Phi) is 5.74. The smallest absolute Gasteiger partial charge is 0.332 e. The third kappa shape index (κ3) is 3.31. The van der Waals surface area contributed by atoms with Crippen LogP contribution in [0.15, 0.2) is 46.0 Å². The van der Waals surface area contributed by atoms with Crippen molar-refractivity contribution in [2.24, 2.45) is 21.1 Å². The predicted molar refractivity (Wildman–Crippen MR) is 110 cm³/mol. The van der Waals surface area contributed by atoms with E-state index in [1.807, 2.05) is 31.3 Å².